The monoisotopic (exact) mass is 528 g/mol. The van der Waals surface area contributed by atoms with Gasteiger partial charge in [-0.1, -0.05) is 31.4 Å². The highest BCUT2D eigenvalue weighted by molar-refractivity contribution is 8.00. The zero-order chi connectivity index (χ0) is 24.1. The Morgan fingerprint density at radius 1 is 1.15 bits per heavy atom. The van der Waals surface area contributed by atoms with Crippen LogP contribution in [0.1, 0.15) is 38.2 Å². The normalized spacial score (nSPS) is 23.9. The summed E-state index contributed by atoms with van der Waals surface area (Å²) < 4.78 is 46.9. The van der Waals surface area contributed by atoms with Crippen molar-refractivity contribution in [2.24, 2.45) is 5.92 Å². The second-order valence-corrected chi connectivity index (χ2v) is 11.7. The average Bonchev–Trinajstić information content (AvgIpc) is 2.82. The zero-order valence-electron chi connectivity index (χ0n) is 19.5. The molecule has 0 aliphatic carbocycles. The van der Waals surface area contributed by atoms with E-state index in [2.05, 4.69) is 23.0 Å². The second-order valence-electron chi connectivity index (χ2n) is 8.75. The summed E-state index contributed by atoms with van der Waals surface area (Å²) in [4.78, 5) is 0.949. The van der Waals surface area contributed by atoms with Crippen LogP contribution < -0.4 is 9.46 Å². The first-order valence-corrected chi connectivity index (χ1v) is 13.7. The van der Waals surface area contributed by atoms with Gasteiger partial charge in [0.25, 0.3) is 0 Å². The molecule has 2 aliphatic rings. The summed E-state index contributed by atoms with van der Waals surface area (Å²) >= 11 is 9.21. The highest BCUT2D eigenvalue weighted by atomic mass is 35.5. The summed E-state index contributed by atoms with van der Waals surface area (Å²) in [7, 11) is 2.06. The number of hydrogen-bond donors (Lipinski definition) is 1. The van der Waals surface area contributed by atoms with E-state index in [0.29, 0.717) is 30.2 Å². The Morgan fingerprint density at radius 3 is 2.68 bits per heavy atom. The van der Waals surface area contributed by atoms with E-state index in [9.17, 15) is 4.39 Å². The van der Waals surface area contributed by atoms with Crippen molar-refractivity contribution in [3.05, 3.63) is 58.6 Å². The van der Waals surface area contributed by atoms with E-state index in [-0.39, 0.29) is 24.4 Å². The molecule has 2 heterocycles. The van der Waals surface area contributed by atoms with Gasteiger partial charge in [-0.2, -0.15) is 0 Å². The van der Waals surface area contributed by atoms with Gasteiger partial charge in [-0.15, -0.1) is 11.8 Å². The molecule has 4 nitrogen and oxygen atoms in total. The fourth-order valence-electron chi connectivity index (χ4n) is 4.71. The summed E-state index contributed by atoms with van der Waals surface area (Å²) in [5, 5.41) is 0.636. The van der Waals surface area contributed by atoms with Crippen LogP contribution in [0.3, 0.4) is 0 Å². The largest absolute Gasteiger partial charge is 0.490 e. The van der Waals surface area contributed by atoms with Gasteiger partial charge in [0.2, 0.25) is 0 Å². The van der Waals surface area contributed by atoms with Crippen molar-refractivity contribution in [2.75, 3.05) is 33.4 Å². The van der Waals surface area contributed by atoms with Gasteiger partial charge in [0.05, 0.1) is 17.5 Å². The lowest BCUT2D eigenvalue weighted by Crippen LogP contribution is -2.54. The third kappa shape index (κ3) is 5.68. The van der Waals surface area contributed by atoms with Crippen LogP contribution in [0.5, 0.6) is 5.75 Å². The Hall–Kier alpha value is -1.03. The number of fused-ring (bicyclic) bond motifs is 3. The molecule has 0 bridgehead atoms. The van der Waals surface area contributed by atoms with Crippen molar-refractivity contribution in [3.63, 3.8) is 0 Å². The lowest BCUT2D eigenvalue weighted by atomic mass is 9.76. The molecule has 0 aromatic heterocycles. The summed E-state index contributed by atoms with van der Waals surface area (Å²) in [6.07, 6.45) is 3.90. The molecule has 34 heavy (non-hydrogen) atoms. The molecular weight excluding hydrogens is 498 g/mol. The summed E-state index contributed by atoms with van der Waals surface area (Å²) in [5.74, 6) is -1.11. The highest BCUT2D eigenvalue weighted by Crippen LogP contribution is 2.58. The fraction of sp³-hybridized carbons (Fsp3) is 0.520. The third-order valence-corrected chi connectivity index (χ3v) is 9.06. The van der Waals surface area contributed by atoms with E-state index in [1.807, 2.05) is 24.3 Å². The van der Waals surface area contributed by atoms with Gasteiger partial charge in [0.15, 0.2) is 11.6 Å². The predicted molar refractivity (Wildman–Crippen MR) is 136 cm³/mol. The van der Waals surface area contributed by atoms with Gasteiger partial charge in [-0.3, -0.25) is 0 Å². The number of halogens is 3. The van der Waals surface area contributed by atoms with Crippen LogP contribution >= 0.6 is 35.5 Å². The SMILES string of the molecule is CCCCCN(C)SNC[C@@H]1OCC[C@@]2(Sc3ccc(Cl)cc3)c3c(F)ccc(F)c3OCC12. The molecular formula is C25H31ClF2N2O2S2. The van der Waals surface area contributed by atoms with Gasteiger partial charge in [-0.05, 0) is 56.3 Å². The first-order valence-electron chi connectivity index (χ1n) is 11.7. The molecule has 1 saturated heterocycles. The van der Waals surface area contributed by atoms with Crippen LogP contribution in [-0.2, 0) is 9.48 Å². The van der Waals surface area contributed by atoms with Crippen LogP contribution in [0, 0.1) is 17.6 Å². The Kier molecular flexibility index (Phi) is 9.04. The molecule has 186 valence electrons. The number of rotatable bonds is 10. The molecule has 2 aliphatic heterocycles. The maximum Gasteiger partial charge on any atom is 0.165 e. The molecule has 0 amide bonds. The van der Waals surface area contributed by atoms with Crippen LogP contribution in [0.15, 0.2) is 41.3 Å². The number of ether oxygens (including phenoxy) is 2. The quantitative estimate of drug-likeness (QED) is 0.274. The van der Waals surface area contributed by atoms with E-state index in [0.717, 1.165) is 23.9 Å². The van der Waals surface area contributed by atoms with Crippen molar-refractivity contribution < 1.29 is 18.3 Å². The number of thioether (sulfide) groups is 1. The summed E-state index contributed by atoms with van der Waals surface area (Å²) in [6, 6.07) is 9.83. The molecule has 2 aromatic carbocycles. The molecule has 0 saturated carbocycles. The molecule has 2 aromatic rings. The highest BCUT2D eigenvalue weighted by Gasteiger charge is 2.54. The number of benzene rings is 2. The van der Waals surface area contributed by atoms with E-state index in [1.165, 1.54) is 18.9 Å². The Labute approximate surface area is 214 Å². The van der Waals surface area contributed by atoms with Crippen molar-refractivity contribution in [1.82, 2.24) is 9.03 Å². The zero-order valence-corrected chi connectivity index (χ0v) is 21.9. The molecule has 3 atom stereocenters. The molecule has 0 spiro atoms. The van der Waals surface area contributed by atoms with E-state index < -0.39 is 16.4 Å². The van der Waals surface area contributed by atoms with Crippen LogP contribution in [0.25, 0.3) is 0 Å². The molecule has 1 unspecified atom stereocenters. The summed E-state index contributed by atoms with van der Waals surface area (Å²) in [6.45, 7) is 4.48. The summed E-state index contributed by atoms with van der Waals surface area (Å²) in [5.41, 5.74) is 0.307. The minimum absolute atomic E-state index is 0.0244. The van der Waals surface area contributed by atoms with Crippen molar-refractivity contribution in [3.8, 4) is 5.75 Å². The number of nitrogens with zero attached hydrogens (tertiary/aromatic N) is 1. The van der Waals surface area contributed by atoms with Crippen LogP contribution in [0.4, 0.5) is 8.78 Å². The average molecular weight is 529 g/mol. The minimum Gasteiger partial charge on any atom is -0.490 e. The topological polar surface area (TPSA) is 33.7 Å². The van der Waals surface area contributed by atoms with Crippen LogP contribution in [-0.4, -0.2) is 43.8 Å². The standard InChI is InChI=1S/C25H31ClF2N2O2S2/c1-3-4-5-13-30(2)34-29-15-22-19-16-32-24-21(28)11-10-20(27)23(24)25(19,12-14-31-22)33-18-8-6-17(26)7-9-18/h6-11,19,22,29H,3-5,12-16H2,1-2H3/t19?,22-,25-/m0/s1. The second kappa shape index (κ2) is 11.8. The van der Waals surface area contributed by atoms with Crippen molar-refractivity contribution >= 4 is 35.5 Å². The smallest absolute Gasteiger partial charge is 0.165 e. The molecule has 1 N–H and O–H groups in total. The Balaban J connectivity index is 1.58. The van der Waals surface area contributed by atoms with Crippen molar-refractivity contribution in [2.45, 2.75) is 48.4 Å². The lowest BCUT2D eigenvalue weighted by Gasteiger charge is -2.50. The lowest BCUT2D eigenvalue weighted by molar-refractivity contribution is -0.0661. The predicted octanol–water partition coefficient (Wildman–Crippen LogP) is 6.68. The van der Waals surface area contributed by atoms with E-state index in [4.69, 9.17) is 21.1 Å². The van der Waals surface area contributed by atoms with Gasteiger partial charge < -0.3 is 9.47 Å². The minimum atomic E-state index is -0.712. The molecule has 0 radical (unpaired) electrons. The van der Waals surface area contributed by atoms with Crippen LogP contribution in [0.2, 0.25) is 5.02 Å². The van der Waals surface area contributed by atoms with Gasteiger partial charge >= 0.3 is 0 Å². The number of nitrogens with one attached hydrogen (secondary N) is 1. The fourth-order valence-corrected chi connectivity index (χ4v) is 7.06. The van der Waals surface area contributed by atoms with Gasteiger partial charge in [0.1, 0.15) is 5.82 Å². The molecule has 4 rings (SSSR count). The number of unbranched alkanes of at least 4 members (excludes halogenated alkanes) is 2. The maximum atomic E-state index is 15.3. The Bertz CT molecular complexity index is 969. The maximum absolute atomic E-state index is 15.3. The first kappa shape index (κ1) is 26.0. The van der Waals surface area contributed by atoms with E-state index in [1.54, 1.807) is 23.9 Å². The third-order valence-electron chi connectivity index (χ3n) is 6.44. The molecule has 1 fully saturated rings. The number of hydrogen-bond acceptors (Lipinski definition) is 6. The molecule has 9 heteroatoms. The van der Waals surface area contributed by atoms with E-state index >= 15 is 4.39 Å². The first-order chi connectivity index (χ1) is 16.4. The van der Waals surface area contributed by atoms with Gasteiger partial charge in [0, 0.05) is 53.2 Å². The van der Waals surface area contributed by atoms with Gasteiger partial charge in [-0.25, -0.2) is 17.8 Å². The van der Waals surface area contributed by atoms with Crippen molar-refractivity contribution in [1.29, 1.82) is 0 Å². The Morgan fingerprint density at radius 2 is 1.91 bits per heavy atom.